The Hall–Kier alpha value is -2.14. The van der Waals surface area contributed by atoms with Crippen molar-refractivity contribution in [2.75, 3.05) is 31.1 Å². The van der Waals surface area contributed by atoms with Crippen molar-refractivity contribution in [2.24, 2.45) is 5.41 Å². The molecule has 2 amide bonds. The predicted molar refractivity (Wildman–Crippen MR) is 171 cm³/mol. The van der Waals surface area contributed by atoms with Gasteiger partial charge in [0.1, 0.15) is 5.60 Å². The number of rotatable bonds is 4. The van der Waals surface area contributed by atoms with Crippen LogP contribution >= 0.6 is 0 Å². The molecule has 1 saturated carbocycles. The van der Waals surface area contributed by atoms with E-state index < -0.39 is 29.3 Å². The van der Waals surface area contributed by atoms with Crippen molar-refractivity contribution in [2.45, 2.75) is 135 Å². The van der Waals surface area contributed by atoms with Crippen LogP contribution < -0.4 is 10.4 Å². The largest absolute Gasteiger partial charge is 0.494 e. The smallest absolute Gasteiger partial charge is 0.444 e. The first-order chi connectivity index (χ1) is 20.4. The maximum absolute atomic E-state index is 14.6. The van der Waals surface area contributed by atoms with Crippen LogP contribution in [0.15, 0.2) is 18.2 Å². The molecule has 44 heavy (non-hydrogen) atoms. The zero-order valence-electron chi connectivity index (χ0n) is 28.2. The molecule has 0 aromatic heterocycles. The second kappa shape index (κ2) is 10.4. The fourth-order valence-electron chi connectivity index (χ4n) is 8.06. The summed E-state index contributed by atoms with van der Waals surface area (Å²) in [6.07, 6.45) is 3.57. The van der Waals surface area contributed by atoms with Gasteiger partial charge in [-0.3, -0.25) is 9.69 Å². The maximum atomic E-state index is 14.6. The van der Waals surface area contributed by atoms with Gasteiger partial charge in [0.05, 0.1) is 23.2 Å². The molecule has 5 aliphatic rings. The number of hydrogen-bond acceptors (Lipinski definition) is 7. The molecule has 4 heterocycles. The first-order valence-corrected chi connectivity index (χ1v) is 16.5. The van der Waals surface area contributed by atoms with Crippen molar-refractivity contribution in [1.29, 1.82) is 0 Å². The molecule has 0 bridgehead atoms. The van der Waals surface area contributed by atoms with Crippen LogP contribution in [0.5, 0.6) is 0 Å². The van der Waals surface area contributed by atoms with Crippen LogP contribution in [0.3, 0.4) is 0 Å². The highest BCUT2D eigenvalue weighted by Crippen LogP contribution is 2.52. The monoisotopic (exact) mass is 609 g/mol. The zero-order chi connectivity index (χ0) is 32.0. The summed E-state index contributed by atoms with van der Waals surface area (Å²) in [4.78, 5) is 33.8. The highest BCUT2D eigenvalue weighted by molar-refractivity contribution is 6.62. The van der Waals surface area contributed by atoms with Crippen molar-refractivity contribution in [3.8, 4) is 0 Å². The Labute approximate surface area is 263 Å². The van der Waals surface area contributed by atoms with Crippen molar-refractivity contribution in [3.63, 3.8) is 0 Å². The molecule has 1 aliphatic carbocycles. The summed E-state index contributed by atoms with van der Waals surface area (Å²) in [5.41, 5.74) is 0.938. The first-order valence-electron chi connectivity index (χ1n) is 16.5. The third-order valence-electron chi connectivity index (χ3n) is 11.2. The van der Waals surface area contributed by atoms with Gasteiger partial charge in [-0.15, -0.1) is 0 Å². The summed E-state index contributed by atoms with van der Waals surface area (Å²) in [6.45, 7) is 20.5. The quantitative estimate of drug-likeness (QED) is 0.512. The number of carbonyl (C=O) groups excluding carboxylic acids is 2. The zero-order valence-corrected chi connectivity index (χ0v) is 28.2. The number of likely N-dealkylation sites (tertiary alicyclic amines) is 2. The molecule has 4 aliphatic heterocycles. The summed E-state index contributed by atoms with van der Waals surface area (Å²) >= 11 is 0. The molecule has 0 unspecified atom stereocenters. The standard InChI is InChI=1S/C34H52BN3O6/c1-30(2,3)42-29(41)36-14-12-34(13-15-36)26-11-10-22(35-43-32(6,7)33(8,9)44-35)16-27(26)38(28(34)40)24-17-23(18-24)37-21-31(4,5)19-25(37)20-39/h10-11,16,23-25,39H,12-15,17-21H2,1-9H3/t23?,24?,25-/m1/s1. The lowest BCUT2D eigenvalue weighted by Crippen LogP contribution is -2.59. The van der Waals surface area contributed by atoms with Crippen LogP contribution in [-0.2, 0) is 24.3 Å². The Balaban J connectivity index is 1.28. The molecule has 1 aromatic rings. The minimum Gasteiger partial charge on any atom is -0.444 e. The number of piperidine rings is 1. The number of nitrogens with zero attached hydrogens (tertiary/aromatic N) is 3. The fraction of sp³-hybridized carbons (Fsp3) is 0.765. The maximum Gasteiger partial charge on any atom is 0.494 e. The third kappa shape index (κ3) is 5.27. The molecule has 6 rings (SSSR count). The second-order valence-corrected chi connectivity index (χ2v) is 16.7. The van der Waals surface area contributed by atoms with Crippen LogP contribution in [0, 0.1) is 5.41 Å². The van der Waals surface area contributed by atoms with E-state index in [0.717, 1.165) is 42.5 Å². The molecule has 1 spiro atoms. The molecule has 1 aromatic carbocycles. The van der Waals surface area contributed by atoms with Gasteiger partial charge < -0.3 is 29.0 Å². The molecular formula is C34H52BN3O6. The number of aliphatic hydroxyl groups excluding tert-OH is 1. The van der Waals surface area contributed by atoms with Crippen LogP contribution in [0.4, 0.5) is 10.5 Å². The number of amides is 2. The Bertz CT molecular complexity index is 1290. The molecule has 4 fully saturated rings. The Morgan fingerprint density at radius 2 is 1.64 bits per heavy atom. The molecule has 1 atom stereocenters. The topological polar surface area (TPSA) is 91.8 Å². The summed E-state index contributed by atoms with van der Waals surface area (Å²) in [7, 11) is -0.515. The fourth-order valence-corrected chi connectivity index (χ4v) is 8.06. The van der Waals surface area contributed by atoms with E-state index in [1.54, 1.807) is 4.90 Å². The van der Waals surface area contributed by atoms with Gasteiger partial charge in [0.15, 0.2) is 0 Å². The number of carbonyl (C=O) groups is 2. The Morgan fingerprint density at radius 3 is 2.20 bits per heavy atom. The highest BCUT2D eigenvalue weighted by Gasteiger charge is 2.58. The number of ether oxygens (including phenoxy) is 1. The minimum absolute atomic E-state index is 0.0890. The average molecular weight is 610 g/mol. The summed E-state index contributed by atoms with van der Waals surface area (Å²) in [5.74, 6) is 0.145. The van der Waals surface area contributed by atoms with Crippen LogP contribution in [-0.4, -0.2) is 95.2 Å². The van der Waals surface area contributed by atoms with Crippen molar-refractivity contribution in [1.82, 2.24) is 9.80 Å². The molecule has 242 valence electrons. The normalized spacial score (nSPS) is 30.5. The number of aliphatic hydroxyl groups is 1. The Kier molecular flexibility index (Phi) is 7.55. The summed E-state index contributed by atoms with van der Waals surface area (Å²) in [5, 5.41) is 10.1. The van der Waals surface area contributed by atoms with Gasteiger partial charge in [-0.2, -0.15) is 0 Å². The minimum atomic E-state index is -0.670. The molecule has 0 radical (unpaired) electrons. The SMILES string of the molecule is CC1(C)C[C@H](CO)N(C2CC(N3C(=O)C4(CCN(C(=O)OC(C)(C)C)CC4)c4ccc(B5OC(C)(C)C(C)(C)O5)cc43)C2)C1. The molecular weight excluding hydrogens is 557 g/mol. The highest BCUT2D eigenvalue weighted by atomic mass is 16.7. The lowest BCUT2D eigenvalue weighted by atomic mass is 9.71. The van der Waals surface area contributed by atoms with E-state index >= 15 is 0 Å². The number of anilines is 1. The molecule has 1 N–H and O–H groups in total. The van der Waals surface area contributed by atoms with Crippen LogP contribution in [0.25, 0.3) is 0 Å². The lowest BCUT2D eigenvalue weighted by molar-refractivity contribution is -0.126. The van der Waals surface area contributed by atoms with Crippen LogP contribution in [0.2, 0.25) is 0 Å². The van der Waals surface area contributed by atoms with Gasteiger partial charge in [0.25, 0.3) is 0 Å². The lowest BCUT2D eigenvalue weighted by Gasteiger charge is -2.48. The van der Waals surface area contributed by atoms with Gasteiger partial charge in [-0.1, -0.05) is 26.0 Å². The van der Waals surface area contributed by atoms with Gasteiger partial charge in [-0.25, -0.2) is 4.79 Å². The van der Waals surface area contributed by atoms with Crippen molar-refractivity contribution in [3.05, 3.63) is 23.8 Å². The molecule has 9 nitrogen and oxygen atoms in total. The number of fused-ring (bicyclic) bond motifs is 2. The molecule has 10 heteroatoms. The van der Waals surface area contributed by atoms with Crippen LogP contribution in [0.1, 0.15) is 100.0 Å². The summed E-state index contributed by atoms with van der Waals surface area (Å²) < 4.78 is 18.5. The summed E-state index contributed by atoms with van der Waals surface area (Å²) in [6, 6.07) is 6.90. The van der Waals surface area contributed by atoms with Crippen molar-refractivity contribution >= 4 is 30.3 Å². The van der Waals surface area contributed by atoms with Gasteiger partial charge in [0, 0.05) is 43.4 Å². The van der Waals surface area contributed by atoms with E-state index in [1.807, 2.05) is 20.8 Å². The average Bonchev–Trinajstić information content (AvgIpc) is 3.41. The third-order valence-corrected chi connectivity index (χ3v) is 11.2. The van der Waals surface area contributed by atoms with Gasteiger partial charge >= 0.3 is 13.2 Å². The predicted octanol–water partition coefficient (Wildman–Crippen LogP) is 4.22. The van der Waals surface area contributed by atoms with E-state index in [1.165, 1.54) is 0 Å². The van der Waals surface area contributed by atoms with Crippen molar-refractivity contribution < 1.29 is 28.7 Å². The van der Waals surface area contributed by atoms with Gasteiger partial charge in [0.2, 0.25) is 5.91 Å². The van der Waals surface area contributed by atoms with Gasteiger partial charge in [-0.05, 0) is 103 Å². The molecule has 3 saturated heterocycles. The van der Waals surface area contributed by atoms with E-state index in [0.29, 0.717) is 32.0 Å². The van der Waals surface area contributed by atoms with E-state index in [4.69, 9.17) is 14.0 Å². The van der Waals surface area contributed by atoms with E-state index in [9.17, 15) is 14.7 Å². The number of benzene rings is 1. The number of hydrogen-bond donors (Lipinski definition) is 1. The first kappa shape index (κ1) is 31.8. The Morgan fingerprint density at radius 1 is 1.02 bits per heavy atom. The van der Waals surface area contributed by atoms with E-state index in [2.05, 4.69) is 69.5 Å². The second-order valence-electron chi connectivity index (χ2n) is 16.7. The van der Waals surface area contributed by atoms with E-state index in [-0.39, 0.29) is 36.1 Å².